The molecule has 136 valence electrons. The van der Waals surface area contributed by atoms with Crippen molar-refractivity contribution in [3.05, 3.63) is 59.7 Å². The number of aryl methyl sites for hydroxylation is 1. The summed E-state index contributed by atoms with van der Waals surface area (Å²) in [6.07, 6.45) is 3.31. The Balaban J connectivity index is 1.49. The minimum absolute atomic E-state index is 0.000290. The Morgan fingerprint density at radius 1 is 1.12 bits per heavy atom. The second-order valence-electron chi connectivity index (χ2n) is 6.31. The van der Waals surface area contributed by atoms with Crippen molar-refractivity contribution in [2.24, 2.45) is 0 Å². The predicted molar refractivity (Wildman–Crippen MR) is 96.3 cm³/mol. The van der Waals surface area contributed by atoms with Crippen LogP contribution < -0.4 is 5.32 Å². The molecule has 1 aliphatic rings. The van der Waals surface area contributed by atoms with Gasteiger partial charge in [-0.2, -0.15) is 0 Å². The highest BCUT2D eigenvalue weighted by Gasteiger charge is 2.24. The molecule has 0 bridgehead atoms. The molecule has 0 radical (unpaired) electrons. The van der Waals surface area contributed by atoms with E-state index in [0.717, 1.165) is 5.56 Å². The third-order valence-corrected chi connectivity index (χ3v) is 4.41. The number of hydrogen-bond acceptors (Lipinski definition) is 4. The molecule has 0 aliphatic carbocycles. The van der Waals surface area contributed by atoms with Crippen molar-refractivity contribution in [3.8, 4) is 0 Å². The molecule has 7 heteroatoms. The number of pyridine rings is 1. The van der Waals surface area contributed by atoms with Gasteiger partial charge in [0.15, 0.2) is 0 Å². The average Bonchev–Trinajstić information content (AvgIpc) is 2.64. The van der Waals surface area contributed by atoms with Gasteiger partial charge in [-0.15, -0.1) is 0 Å². The van der Waals surface area contributed by atoms with Gasteiger partial charge in [-0.25, -0.2) is 4.39 Å². The van der Waals surface area contributed by atoms with Gasteiger partial charge in [0, 0.05) is 49.8 Å². The highest BCUT2D eigenvalue weighted by Crippen LogP contribution is 2.12. The minimum Gasteiger partial charge on any atom is -0.336 e. The molecule has 2 heterocycles. The first kappa shape index (κ1) is 18.0. The zero-order valence-corrected chi connectivity index (χ0v) is 14.6. The molecule has 1 saturated heterocycles. The van der Waals surface area contributed by atoms with Crippen LogP contribution in [-0.4, -0.2) is 59.3 Å². The Morgan fingerprint density at radius 3 is 2.46 bits per heavy atom. The van der Waals surface area contributed by atoms with E-state index in [-0.39, 0.29) is 24.2 Å². The third kappa shape index (κ3) is 4.43. The van der Waals surface area contributed by atoms with E-state index in [1.54, 1.807) is 23.4 Å². The summed E-state index contributed by atoms with van der Waals surface area (Å²) in [6, 6.07) is 7.41. The van der Waals surface area contributed by atoms with Crippen molar-refractivity contribution in [1.29, 1.82) is 0 Å². The summed E-state index contributed by atoms with van der Waals surface area (Å²) in [4.78, 5) is 32.5. The number of hydrogen-bond donors (Lipinski definition) is 1. The number of benzene rings is 1. The van der Waals surface area contributed by atoms with Crippen LogP contribution >= 0.6 is 0 Å². The second kappa shape index (κ2) is 8.05. The van der Waals surface area contributed by atoms with Gasteiger partial charge in [0.1, 0.15) is 5.82 Å². The Morgan fingerprint density at radius 2 is 1.81 bits per heavy atom. The zero-order chi connectivity index (χ0) is 18.5. The van der Waals surface area contributed by atoms with Crippen LogP contribution in [0.15, 0.2) is 42.7 Å². The summed E-state index contributed by atoms with van der Waals surface area (Å²) in [7, 11) is 0. The summed E-state index contributed by atoms with van der Waals surface area (Å²) < 4.78 is 12.9. The maximum atomic E-state index is 12.9. The summed E-state index contributed by atoms with van der Waals surface area (Å²) in [5.41, 5.74) is 2.10. The van der Waals surface area contributed by atoms with Crippen molar-refractivity contribution < 1.29 is 14.0 Å². The lowest BCUT2D eigenvalue weighted by atomic mass is 10.1. The van der Waals surface area contributed by atoms with Crippen LogP contribution in [0.3, 0.4) is 0 Å². The number of rotatable bonds is 4. The Bertz CT molecular complexity index is 786. The number of nitrogens with zero attached hydrogens (tertiary/aromatic N) is 3. The first-order valence-corrected chi connectivity index (χ1v) is 8.50. The monoisotopic (exact) mass is 356 g/mol. The highest BCUT2D eigenvalue weighted by molar-refractivity contribution is 5.95. The molecule has 6 nitrogen and oxygen atoms in total. The van der Waals surface area contributed by atoms with E-state index in [0.29, 0.717) is 37.4 Å². The lowest BCUT2D eigenvalue weighted by molar-refractivity contribution is -0.117. The van der Waals surface area contributed by atoms with Gasteiger partial charge in [-0.3, -0.25) is 19.5 Å². The van der Waals surface area contributed by atoms with E-state index in [4.69, 9.17) is 0 Å². The molecule has 26 heavy (non-hydrogen) atoms. The number of amides is 2. The van der Waals surface area contributed by atoms with E-state index >= 15 is 0 Å². The number of piperazine rings is 1. The van der Waals surface area contributed by atoms with Gasteiger partial charge in [-0.05, 0) is 42.8 Å². The fourth-order valence-corrected chi connectivity index (χ4v) is 2.93. The molecule has 2 aromatic rings. The number of carbonyl (C=O) groups excluding carboxylic acids is 2. The van der Waals surface area contributed by atoms with E-state index in [2.05, 4.69) is 10.3 Å². The standard InChI is InChI=1S/C19H21FN4O2/c1-14-12-21-7-6-17(14)19(26)24-10-8-23(9-11-24)13-18(25)22-16-4-2-15(20)3-5-16/h2-7,12H,8-11,13H2,1H3,(H,22,25). The van der Waals surface area contributed by atoms with Crippen molar-refractivity contribution in [1.82, 2.24) is 14.8 Å². The molecule has 1 aliphatic heterocycles. The van der Waals surface area contributed by atoms with Gasteiger partial charge < -0.3 is 10.2 Å². The molecule has 0 saturated carbocycles. The maximum absolute atomic E-state index is 12.9. The molecule has 0 spiro atoms. The molecular formula is C19H21FN4O2. The van der Waals surface area contributed by atoms with Crippen molar-refractivity contribution in [3.63, 3.8) is 0 Å². The van der Waals surface area contributed by atoms with E-state index in [1.807, 2.05) is 11.8 Å². The summed E-state index contributed by atoms with van der Waals surface area (Å²) in [5, 5.41) is 2.75. The second-order valence-corrected chi connectivity index (χ2v) is 6.31. The van der Waals surface area contributed by atoms with E-state index < -0.39 is 0 Å². The smallest absolute Gasteiger partial charge is 0.254 e. The van der Waals surface area contributed by atoms with Crippen LogP contribution in [-0.2, 0) is 4.79 Å². The van der Waals surface area contributed by atoms with Gasteiger partial charge in [-0.1, -0.05) is 0 Å². The first-order chi connectivity index (χ1) is 12.5. The largest absolute Gasteiger partial charge is 0.336 e. The maximum Gasteiger partial charge on any atom is 0.254 e. The Kier molecular flexibility index (Phi) is 5.58. The average molecular weight is 356 g/mol. The molecule has 1 aromatic carbocycles. The third-order valence-electron chi connectivity index (χ3n) is 4.41. The highest BCUT2D eigenvalue weighted by atomic mass is 19.1. The lowest BCUT2D eigenvalue weighted by Crippen LogP contribution is -2.50. The van der Waals surface area contributed by atoms with Gasteiger partial charge in [0.05, 0.1) is 6.54 Å². The molecule has 3 rings (SSSR count). The van der Waals surface area contributed by atoms with Crippen LogP contribution in [0.2, 0.25) is 0 Å². The van der Waals surface area contributed by atoms with Crippen LogP contribution in [0.25, 0.3) is 0 Å². The molecule has 2 amide bonds. The number of aromatic nitrogens is 1. The molecular weight excluding hydrogens is 335 g/mol. The molecule has 0 unspecified atom stereocenters. The topological polar surface area (TPSA) is 65.5 Å². The molecule has 1 aromatic heterocycles. The molecule has 1 fully saturated rings. The molecule has 1 N–H and O–H groups in total. The fourth-order valence-electron chi connectivity index (χ4n) is 2.93. The Labute approximate surface area is 151 Å². The molecule has 0 atom stereocenters. The summed E-state index contributed by atoms with van der Waals surface area (Å²) >= 11 is 0. The van der Waals surface area contributed by atoms with Crippen LogP contribution in [0.5, 0.6) is 0 Å². The quantitative estimate of drug-likeness (QED) is 0.909. The van der Waals surface area contributed by atoms with E-state index in [9.17, 15) is 14.0 Å². The zero-order valence-electron chi connectivity index (χ0n) is 14.6. The van der Waals surface area contributed by atoms with Gasteiger partial charge in [0.25, 0.3) is 5.91 Å². The number of anilines is 1. The fraction of sp³-hybridized carbons (Fsp3) is 0.316. The number of nitrogens with one attached hydrogen (secondary N) is 1. The van der Waals surface area contributed by atoms with Crippen LogP contribution in [0.4, 0.5) is 10.1 Å². The Hall–Kier alpha value is -2.80. The summed E-state index contributed by atoms with van der Waals surface area (Å²) in [5.74, 6) is -0.491. The number of carbonyl (C=O) groups is 2. The van der Waals surface area contributed by atoms with Gasteiger partial charge >= 0.3 is 0 Å². The first-order valence-electron chi connectivity index (χ1n) is 8.50. The lowest BCUT2D eigenvalue weighted by Gasteiger charge is -2.34. The summed E-state index contributed by atoms with van der Waals surface area (Å²) in [6.45, 7) is 4.53. The number of halogens is 1. The predicted octanol–water partition coefficient (Wildman–Crippen LogP) is 1.93. The normalized spacial score (nSPS) is 14.9. The van der Waals surface area contributed by atoms with Crippen LogP contribution in [0, 0.1) is 12.7 Å². The van der Waals surface area contributed by atoms with Crippen molar-refractivity contribution in [2.75, 3.05) is 38.0 Å². The van der Waals surface area contributed by atoms with Gasteiger partial charge in [0.2, 0.25) is 5.91 Å². The van der Waals surface area contributed by atoms with Crippen LogP contribution in [0.1, 0.15) is 15.9 Å². The van der Waals surface area contributed by atoms with Crippen molar-refractivity contribution in [2.45, 2.75) is 6.92 Å². The van der Waals surface area contributed by atoms with E-state index in [1.165, 1.54) is 24.3 Å². The van der Waals surface area contributed by atoms with Crippen molar-refractivity contribution >= 4 is 17.5 Å². The SMILES string of the molecule is Cc1cnccc1C(=O)N1CCN(CC(=O)Nc2ccc(F)cc2)CC1. The minimum atomic E-state index is -0.340.